The Morgan fingerprint density at radius 2 is 1.41 bits per heavy atom. The van der Waals surface area contributed by atoms with Gasteiger partial charge in [-0.25, -0.2) is 4.79 Å². The van der Waals surface area contributed by atoms with Crippen molar-refractivity contribution in [3.05, 3.63) is 23.5 Å². The third kappa shape index (κ3) is 7.35. The molecule has 0 saturated carbocycles. The van der Waals surface area contributed by atoms with Crippen LogP contribution in [0, 0.1) is 0 Å². The van der Waals surface area contributed by atoms with Crippen molar-refractivity contribution in [2.24, 2.45) is 14.1 Å². The molecule has 2 heterocycles. The number of aromatic nitrogens is 4. The molecular formula is C19H31N9O4. The number of carbonyl (C=O) groups is 3. The molecular weight excluding hydrogens is 418 g/mol. The molecule has 0 bridgehead atoms. The van der Waals surface area contributed by atoms with Crippen molar-refractivity contribution in [1.29, 1.82) is 0 Å². The average Bonchev–Trinajstić information content (AvgIpc) is 3.24. The summed E-state index contributed by atoms with van der Waals surface area (Å²) in [6.45, 7) is 2.00. The molecule has 0 atom stereocenters. The van der Waals surface area contributed by atoms with Gasteiger partial charge in [0.1, 0.15) is 18.2 Å². The fourth-order valence-corrected chi connectivity index (χ4v) is 2.52. The van der Waals surface area contributed by atoms with Gasteiger partial charge in [0, 0.05) is 45.9 Å². The van der Waals surface area contributed by atoms with E-state index >= 15 is 0 Å². The van der Waals surface area contributed by atoms with Gasteiger partial charge in [-0.1, -0.05) is 0 Å². The summed E-state index contributed by atoms with van der Waals surface area (Å²) in [6, 6.07) is 2.90. The first-order chi connectivity index (χ1) is 15.1. The molecule has 0 saturated heterocycles. The van der Waals surface area contributed by atoms with Crippen LogP contribution < -0.4 is 16.0 Å². The Labute approximate surface area is 186 Å². The van der Waals surface area contributed by atoms with Crippen LogP contribution in [0.2, 0.25) is 0 Å². The summed E-state index contributed by atoms with van der Waals surface area (Å²) in [5, 5.41) is 16.2. The molecule has 0 spiro atoms. The maximum Gasteiger partial charge on any atom is 0.412 e. The van der Waals surface area contributed by atoms with E-state index in [1.54, 1.807) is 14.1 Å². The number of rotatable bonds is 10. The summed E-state index contributed by atoms with van der Waals surface area (Å²) in [4.78, 5) is 40.6. The fourth-order valence-electron chi connectivity index (χ4n) is 2.52. The largest absolute Gasteiger partial charge is 0.448 e. The Morgan fingerprint density at radius 3 is 1.97 bits per heavy atom. The minimum Gasteiger partial charge on any atom is -0.448 e. The molecule has 0 aliphatic rings. The van der Waals surface area contributed by atoms with E-state index in [1.165, 1.54) is 21.5 Å². The number of hydrogen-bond donors (Lipinski definition) is 3. The molecule has 0 aliphatic carbocycles. The van der Waals surface area contributed by atoms with Gasteiger partial charge >= 0.3 is 6.09 Å². The summed E-state index contributed by atoms with van der Waals surface area (Å²) in [6.07, 6.45) is -0.640. The van der Waals surface area contributed by atoms with Crippen LogP contribution in [0.5, 0.6) is 0 Å². The standard InChI is InChI=1S/C19H31N9O4/c1-25(2)8-7-20-17(29)13-11-15(27(5)23-13)21-18(30)14-12-16(28(6)24-14)22-19(31)32-10-9-26(3)4/h11-12H,7-10H2,1-6H3,(H,20,29)(H,21,30)(H,22,31). The van der Waals surface area contributed by atoms with E-state index in [9.17, 15) is 14.4 Å². The Morgan fingerprint density at radius 1 is 0.875 bits per heavy atom. The predicted molar refractivity (Wildman–Crippen MR) is 119 cm³/mol. The maximum atomic E-state index is 12.6. The minimum absolute atomic E-state index is 0.0780. The first-order valence-corrected chi connectivity index (χ1v) is 9.97. The van der Waals surface area contributed by atoms with E-state index < -0.39 is 12.0 Å². The number of amides is 3. The van der Waals surface area contributed by atoms with Gasteiger partial charge in [-0.3, -0.25) is 24.3 Å². The second-order valence-electron chi connectivity index (χ2n) is 7.65. The Hall–Kier alpha value is -3.45. The molecule has 0 fully saturated rings. The van der Waals surface area contributed by atoms with Gasteiger partial charge in [-0.15, -0.1) is 0 Å². The highest BCUT2D eigenvalue weighted by atomic mass is 16.5. The zero-order chi connectivity index (χ0) is 23.8. The second kappa shape index (κ2) is 11.2. The summed E-state index contributed by atoms with van der Waals surface area (Å²) in [5.41, 5.74) is 0.264. The van der Waals surface area contributed by atoms with Crippen LogP contribution in [0.15, 0.2) is 12.1 Å². The van der Waals surface area contributed by atoms with Gasteiger partial charge in [0.25, 0.3) is 11.8 Å². The van der Waals surface area contributed by atoms with Crippen LogP contribution in [0.25, 0.3) is 0 Å². The number of ether oxygens (including phenoxy) is 1. The van der Waals surface area contributed by atoms with Gasteiger partial charge in [-0.05, 0) is 28.2 Å². The van der Waals surface area contributed by atoms with Crippen LogP contribution in [-0.4, -0.2) is 102 Å². The lowest BCUT2D eigenvalue weighted by Crippen LogP contribution is -2.31. The monoisotopic (exact) mass is 449 g/mol. The van der Waals surface area contributed by atoms with Gasteiger partial charge in [0.2, 0.25) is 0 Å². The molecule has 3 amide bonds. The second-order valence-corrected chi connectivity index (χ2v) is 7.65. The molecule has 2 aromatic rings. The van der Waals surface area contributed by atoms with Crippen LogP contribution >= 0.6 is 0 Å². The average molecular weight is 450 g/mol. The molecule has 32 heavy (non-hydrogen) atoms. The molecule has 0 aliphatic heterocycles. The van der Waals surface area contributed by atoms with Gasteiger partial charge in [0.05, 0.1) is 0 Å². The highest BCUT2D eigenvalue weighted by molar-refractivity contribution is 6.04. The van der Waals surface area contributed by atoms with Crippen molar-refractivity contribution in [3.63, 3.8) is 0 Å². The van der Waals surface area contributed by atoms with Crippen molar-refractivity contribution < 1.29 is 19.1 Å². The van der Waals surface area contributed by atoms with E-state index in [-0.39, 0.29) is 23.9 Å². The predicted octanol–water partition coefficient (Wildman–Crippen LogP) is -0.193. The lowest BCUT2D eigenvalue weighted by Gasteiger charge is -2.10. The zero-order valence-electron chi connectivity index (χ0n) is 19.3. The Balaban J connectivity index is 1.97. The van der Waals surface area contributed by atoms with Crippen LogP contribution in [0.1, 0.15) is 21.0 Å². The summed E-state index contributed by atoms with van der Waals surface area (Å²) in [5.74, 6) is -0.218. The SMILES string of the molecule is CN(C)CCNC(=O)c1cc(NC(=O)c2cc(NC(=O)OCCN(C)C)n(C)n2)n(C)n1. The number of nitrogens with one attached hydrogen (secondary N) is 3. The quantitative estimate of drug-likeness (QED) is 0.454. The molecule has 0 unspecified atom stereocenters. The van der Waals surface area contributed by atoms with E-state index in [0.29, 0.717) is 31.3 Å². The lowest BCUT2D eigenvalue weighted by molar-refractivity contribution is 0.0944. The lowest BCUT2D eigenvalue weighted by atomic mass is 10.3. The summed E-state index contributed by atoms with van der Waals surface area (Å²) < 4.78 is 7.82. The van der Waals surface area contributed by atoms with E-state index in [4.69, 9.17) is 4.74 Å². The topological polar surface area (TPSA) is 139 Å². The van der Waals surface area contributed by atoms with Gasteiger partial charge in [0.15, 0.2) is 11.4 Å². The van der Waals surface area contributed by atoms with Crippen molar-refractivity contribution >= 4 is 29.5 Å². The smallest absolute Gasteiger partial charge is 0.412 e. The highest BCUT2D eigenvalue weighted by Gasteiger charge is 2.18. The number of aryl methyl sites for hydroxylation is 2. The molecule has 13 nitrogen and oxygen atoms in total. The molecule has 0 aromatic carbocycles. The summed E-state index contributed by atoms with van der Waals surface area (Å²) >= 11 is 0. The number of likely N-dealkylation sites (N-methyl/N-ethyl adjacent to an activating group) is 2. The van der Waals surface area contributed by atoms with Crippen molar-refractivity contribution in [2.75, 3.05) is 65.1 Å². The first kappa shape index (κ1) is 24.8. The molecule has 2 aromatic heterocycles. The Kier molecular flexibility index (Phi) is 8.72. The minimum atomic E-state index is -0.640. The number of hydrogen-bond acceptors (Lipinski definition) is 8. The maximum absolute atomic E-state index is 12.6. The van der Waals surface area contributed by atoms with Gasteiger partial charge in [-0.2, -0.15) is 10.2 Å². The summed E-state index contributed by atoms with van der Waals surface area (Å²) in [7, 11) is 10.8. The molecule has 13 heteroatoms. The zero-order valence-corrected chi connectivity index (χ0v) is 19.3. The third-order valence-corrected chi connectivity index (χ3v) is 4.31. The van der Waals surface area contributed by atoms with Crippen molar-refractivity contribution in [2.45, 2.75) is 0 Å². The van der Waals surface area contributed by atoms with Crippen molar-refractivity contribution in [3.8, 4) is 0 Å². The van der Waals surface area contributed by atoms with Crippen LogP contribution in [0.3, 0.4) is 0 Å². The normalized spacial score (nSPS) is 11.0. The number of anilines is 2. The number of carbonyl (C=O) groups excluding carboxylic acids is 3. The molecule has 0 radical (unpaired) electrons. The molecule has 176 valence electrons. The fraction of sp³-hybridized carbons (Fsp3) is 0.526. The first-order valence-electron chi connectivity index (χ1n) is 9.97. The van der Waals surface area contributed by atoms with E-state index in [1.807, 2.05) is 38.0 Å². The molecule has 2 rings (SSSR count). The van der Waals surface area contributed by atoms with E-state index in [0.717, 1.165) is 0 Å². The highest BCUT2D eigenvalue weighted by Crippen LogP contribution is 2.14. The number of nitrogens with zero attached hydrogens (tertiary/aromatic N) is 6. The Bertz CT molecular complexity index is 949. The van der Waals surface area contributed by atoms with Crippen molar-refractivity contribution in [1.82, 2.24) is 34.7 Å². The molecule has 3 N–H and O–H groups in total. The van der Waals surface area contributed by atoms with E-state index in [2.05, 4.69) is 26.1 Å². The van der Waals surface area contributed by atoms with Gasteiger partial charge < -0.3 is 25.2 Å². The van der Waals surface area contributed by atoms with Crippen LogP contribution in [-0.2, 0) is 18.8 Å². The third-order valence-electron chi connectivity index (χ3n) is 4.31. The van der Waals surface area contributed by atoms with Crippen LogP contribution in [0.4, 0.5) is 16.4 Å².